The number of hydrogen-bond donors (Lipinski definition) is 2. The van der Waals surface area contributed by atoms with Crippen LogP contribution in [0.3, 0.4) is 0 Å². The zero-order valence-corrected chi connectivity index (χ0v) is 13.5. The Labute approximate surface area is 119 Å². The van der Waals surface area contributed by atoms with Crippen LogP contribution in [0.25, 0.3) is 0 Å². The van der Waals surface area contributed by atoms with Gasteiger partial charge in [0, 0.05) is 17.9 Å². The van der Waals surface area contributed by atoms with Crippen LogP contribution in [0.4, 0.5) is 0 Å². The van der Waals surface area contributed by atoms with Gasteiger partial charge in [-0.1, -0.05) is 13.8 Å². The highest BCUT2D eigenvalue weighted by Crippen LogP contribution is 2.20. The van der Waals surface area contributed by atoms with Gasteiger partial charge in [0.05, 0.1) is 6.54 Å². The number of thioether (sulfide) groups is 1. The van der Waals surface area contributed by atoms with Crippen molar-refractivity contribution >= 4 is 21.8 Å². The summed E-state index contributed by atoms with van der Waals surface area (Å²) in [5.74, 6) is 1.06. The first kappa shape index (κ1) is 16.6. The average molecular weight is 306 g/mol. The first-order valence-corrected chi connectivity index (χ1v) is 9.00. The Bertz CT molecular complexity index is 497. The second-order valence-corrected chi connectivity index (χ2v) is 7.32. The van der Waals surface area contributed by atoms with E-state index in [1.807, 2.05) is 20.1 Å². The van der Waals surface area contributed by atoms with Crippen LogP contribution in [0.2, 0.25) is 0 Å². The van der Waals surface area contributed by atoms with Crippen LogP contribution < -0.4 is 10.0 Å². The molecule has 0 fully saturated rings. The van der Waals surface area contributed by atoms with Gasteiger partial charge >= 0.3 is 0 Å². The largest absolute Gasteiger partial charge is 0.464 e. The zero-order chi connectivity index (χ0) is 14.5. The van der Waals surface area contributed by atoms with Crippen LogP contribution in [-0.4, -0.2) is 33.0 Å². The summed E-state index contributed by atoms with van der Waals surface area (Å²) in [6, 6.07) is 1.59. The second-order valence-electron chi connectivity index (χ2n) is 4.31. The van der Waals surface area contributed by atoms with Gasteiger partial charge in [0.15, 0.2) is 0 Å². The van der Waals surface area contributed by atoms with Crippen molar-refractivity contribution in [2.24, 2.45) is 0 Å². The van der Waals surface area contributed by atoms with Crippen LogP contribution in [-0.2, 0) is 16.6 Å². The fraction of sp³-hybridized carbons (Fsp3) is 0.667. The topological polar surface area (TPSA) is 71.3 Å². The maximum Gasteiger partial charge on any atom is 0.244 e. The second kappa shape index (κ2) is 7.33. The minimum Gasteiger partial charge on any atom is -0.464 e. The van der Waals surface area contributed by atoms with Crippen molar-refractivity contribution < 1.29 is 12.8 Å². The molecule has 0 amide bonds. The number of aryl methyl sites for hydroxylation is 1. The molecule has 0 aliphatic rings. The van der Waals surface area contributed by atoms with Crippen molar-refractivity contribution in [3.63, 3.8) is 0 Å². The summed E-state index contributed by atoms with van der Waals surface area (Å²) >= 11 is 1.62. The molecule has 110 valence electrons. The van der Waals surface area contributed by atoms with Crippen LogP contribution in [0, 0.1) is 6.92 Å². The number of rotatable bonds is 8. The maximum atomic E-state index is 12.2. The highest BCUT2D eigenvalue weighted by Gasteiger charge is 2.21. The molecule has 1 unspecified atom stereocenters. The average Bonchev–Trinajstić information content (AvgIpc) is 2.75. The molecule has 0 bridgehead atoms. The third-order valence-electron chi connectivity index (χ3n) is 2.73. The van der Waals surface area contributed by atoms with E-state index in [9.17, 15) is 8.42 Å². The highest BCUT2D eigenvalue weighted by atomic mass is 32.2. The predicted molar refractivity (Wildman–Crippen MR) is 79.0 cm³/mol. The molecule has 1 aromatic rings. The summed E-state index contributed by atoms with van der Waals surface area (Å²) in [4.78, 5) is 0.230. The summed E-state index contributed by atoms with van der Waals surface area (Å²) in [6.07, 6.45) is 1.95. The molecule has 7 heteroatoms. The van der Waals surface area contributed by atoms with Crippen molar-refractivity contribution in [1.29, 1.82) is 0 Å². The summed E-state index contributed by atoms with van der Waals surface area (Å²) in [6.45, 7) is 7.39. The van der Waals surface area contributed by atoms with Gasteiger partial charge in [0.25, 0.3) is 0 Å². The van der Waals surface area contributed by atoms with Gasteiger partial charge in [-0.3, -0.25) is 0 Å². The van der Waals surface area contributed by atoms with Gasteiger partial charge in [0.2, 0.25) is 10.0 Å². The molecule has 0 saturated carbocycles. The fourth-order valence-corrected chi connectivity index (χ4v) is 3.20. The minimum absolute atomic E-state index is 0.230. The molecule has 0 aromatic carbocycles. The zero-order valence-electron chi connectivity index (χ0n) is 11.8. The van der Waals surface area contributed by atoms with E-state index in [0.717, 1.165) is 6.54 Å². The van der Waals surface area contributed by atoms with E-state index >= 15 is 0 Å². The maximum absolute atomic E-state index is 12.2. The van der Waals surface area contributed by atoms with Crippen molar-refractivity contribution in [3.05, 3.63) is 17.6 Å². The molecule has 1 aromatic heterocycles. The highest BCUT2D eigenvalue weighted by molar-refractivity contribution is 7.99. The standard InChI is InChI=1S/C12H22N2O3S2/c1-5-13-8-11-6-12(10(3)17-11)19(15,16)14-7-9(2)18-4/h6,9,13-14H,5,7-8H2,1-4H3. The number of hydrogen-bond acceptors (Lipinski definition) is 5. The van der Waals surface area contributed by atoms with E-state index in [1.165, 1.54) is 0 Å². The molecular formula is C12H22N2O3S2. The molecule has 5 nitrogen and oxygen atoms in total. The quantitative estimate of drug-likeness (QED) is 0.765. The Morgan fingerprint density at radius 2 is 2.16 bits per heavy atom. The van der Waals surface area contributed by atoms with E-state index in [1.54, 1.807) is 24.8 Å². The van der Waals surface area contributed by atoms with Gasteiger partial charge in [-0.15, -0.1) is 0 Å². The van der Waals surface area contributed by atoms with E-state index in [-0.39, 0.29) is 10.1 Å². The Kier molecular flexibility index (Phi) is 6.38. The first-order chi connectivity index (χ1) is 8.90. The smallest absolute Gasteiger partial charge is 0.244 e. The van der Waals surface area contributed by atoms with Crippen molar-refractivity contribution in [2.75, 3.05) is 19.3 Å². The summed E-state index contributed by atoms with van der Waals surface area (Å²) in [7, 11) is -3.49. The SMILES string of the molecule is CCNCc1cc(S(=O)(=O)NCC(C)SC)c(C)o1. The lowest BCUT2D eigenvalue weighted by Crippen LogP contribution is -2.29. The lowest BCUT2D eigenvalue weighted by atomic mass is 10.4. The molecule has 0 saturated heterocycles. The molecule has 0 spiro atoms. The predicted octanol–water partition coefficient (Wildman–Crippen LogP) is 1.73. The minimum atomic E-state index is -3.49. The molecule has 0 aliphatic carbocycles. The number of nitrogens with one attached hydrogen (secondary N) is 2. The van der Waals surface area contributed by atoms with Gasteiger partial charge in [-0.05, 0) is 19.7 Å². The van der Waals surface area contributed by atoms with Crippen molar-refractivity contribution in [3.8, 4) is 0 Å². The molecule has 1 heterocycles. The lowest BCUT2D eigenvalue weighted by Gasteiger charge is -2.09. The molecule has 1 rings (SSSR count). The van der Waals surface area contributed by atoms with Crippen LogP contribution in [0.15, 0.2) is 15.4 Å². The monoisotopic (exact) mass is 306 g/mol. The Morgan fingerprint density at radius 1 is 1.47 bits per heavy atom. The molecule has 19 heavy (non-hydrogen) atoms. The third kappa shape index (κ3) is 4.83. The van der Waals surface area contributed by atoms with E-state index in [0.29, 0.717) is 24.6 Å². The van der Waals surface area contributed by atoms with Crippen LogP contribution >= 0.6 is 11.8 Å². The van der Waals surface area contributed by atoms with Crippen molar-refractivity contribution in [1.82, 2.24) is 10.0 Å². The van der Waals surface area contributed by atoms with Crippen LogP contribution in [0.1, 0.15) is 25.4 Å². The molecule has 0 aliphatic heterocycles. The molecular weight excluding hydrogens is 284 g/mol. The summed E-state index contributed by atoms with van der Waals surface area (Å²) in [5, 5.41) is 3.34. The van der Waals surface area contributed by atoms with Gasteiger partial charge in [-0.25, -0.2) is 13.1 Å². The summed E-state index contributed by atoms with van der Waals surface area (Å²) in [5.41, 5.74) is 0. The van der Waals surface area contributed by atoms with Crippen molar-refractivity contribution in [2.45, 2.75) is 37.5 Å². The molecule has 0 radical (unpaired) electrons. The Hall–Kier alpha value is -0.500. The van der Waals surface area contributed by atoms with E-state index in [4.69, 9.17) is 4.42 Å². The van der Waals surface area contributed by atoms with Crippen LogP contribution in [0.5, 0.6) is 0 Å². The van der Waals surface area contributed by atoms with Gasteiger partial charge in [0.1, 0.15) is 16.4 Å². The first-order valence-electron chi connectivity index (χ1n) is 6.23. The van der Waals surface area contributed by atoms with E-state index in [2.05, 4.69) is 10.0 Å². The van der Waals surface area contributed by atoms with Gasteiger partial charge < -0.3 is 9.73 Å². The fourth-order valence-electron chi connectivity index (χ4n) is 1.51. The normalized spacial score (nSPS) is 13.7. The summed E-state index contributed by atoms with van der Waals surface area (Å²) < 4.78 is 32.4. The number of furan rings is 1. The van der Waals surface area contributed by atoms with Gasteiger partial charge in [-0.2, -0.15) is 11.8 Å². The van der Waals surface area contributed by atoms with E-state index < -0.39 is 10.0 Å². The third-order valence-corrected chi connectivity index (χ3v) is 5.23. The number of sulfonamides is 1. The molecule has 1 atom stereocenters. The Morgan fingerprint density at radius 3 is 2.74 bits per heavy atom. The lowest BCUT2D eigenvalue weighted by molar-refractivity contribution is 0.460. The molecule has 2 N–H and O–H groups in total. The Balaban J connectivity index is 2.80.